The van der Waals surface area contributed by atoms with Crippen LogP contribution in [0.5, 0.6) is 0 Å². The third-order valence-electron chi connectivity index (χ3n) is 3.06. The van der Waals surface area contributed by atoms with Gasteiger partial charge in [-0.25, -0.2) is 0 Å². The SMILES string of the molecule is CCN(CC)c1ccc(CNCCOCC(N)=O)cc1. The molecule has 0 saturated heterocycles. The Balaban J connectivity index is 2.26. The zero-order valence-corrected chi connectivity index (χ0v) is 12.4. The highest BCUT2D eigenvalue weighted by Crippen LogP contribution is 2.14. The van der Waals surface area contributed by atoms with Crippen LogP contribution in [0.25, 0.3) is 0 Å². The number of hydrogen-bond donors (Lipinski definition) is 2. The van der Waals surface area contributed by atoms with E-state index in [0.29, 0.717) is 13.2 Å². The van der Waals surface area contributed by atoms with E-state index >= 15 is 0 Å². The van der Waals surface area contributed by atoms with Crippen LogP contribution in [-0.2, 0) is 16.1 Å². The predicted octanol–water partition coefficient (Wildman–Crippen LogP) is 1.12. The van der Waals surface area contributed by atoms with Crippen LogP contribution in [0.2, 0.25) is 0 Å². The summed E-state index contributed by atoms with van der Waals surface area (Å²) in [7, 11) is 0. The van der Waals surface area contributed by atoms with E-state index in [2.05, 4.69) is 48.3 Å². The third-order valence-corrected chi connectivity index (χ3v) is 3.06. The number of ether oxygens (including phenoxy) is 1. The number of nitrogens with one attached hydrogen (secondary N) is 1. The molecular formula is C15H25N3O2. The Kier molecular flexibility index (Phi) is 7.69. The van der Waals surface area contributed by atoms with Crippen LogP contribution in [-0.4, -0.2) is 38.8 Å². The second kappa shape index (κ2) is 9.34. The summed E-state index contributed by atoms with van der Waals surface area (Å²) in [6.45, 7) is 8.32. The maximum atomic E-state index is 10.5. The third kappa shape index (κ3) is 6.04. The lowest BCUT2D eigenvalue weighted by molar-refractivity contribution is -0.122. The van der Waals surface area contributed by atoms with Crippen LogP contribution < -0.4 is 16.0 Å². The number of anilines is 1. The van der Waals surface area contributed by atoms with Crippen molar-refractivity contribution in [2.75, 3.05) is 37.7 Å². The lowest BCUT2D eigenvalue weighted by Gasteiger charge is -2.21. The fourth-order valence-corrected chi connectivity index (χ4v) is 1.96. The minimum Gasteiger partial charge on any atom is -0.372 e. The van der Waals surface area contributed by atoms with Gasteiger partial charge in [0.1, 0.15) is 6.61 Å². The Labute approximate surface area is 121 Å². The lowest BCUT2D eigenvalue weighted by atomic mass is 10.2. The van der Waals surface area contributed by atoms with Gasteiger partial charge in [0.15, 0.2) is 0 Å². The largest absolute Gasteiger partial charge is 0.372 e. The van der Waals surface area contributed by atoms with Crippen molar-refractivity contribution in [1.82, 2.24) is 5.32 Å². The molecule has 0 atom stereocenters. The molecule has 0 heterocycles. The van der Waals surface area contributed by atoms with E-state index in [0.717, 1.165) is 19.6 Å². The number of amides is 1. The Hall–Kier alpha value is -1.59. The Morgan fingerprint density at radius 3 is 2.45 bits per heavy atom. The van der Waals surface area contributed by atoms with Gasteiger partial charge in [-0.2, -0.15) is 0 Å². The van der Waals surface area contributed by atoms with E-state index in [4.69, 9.17) is 10.5 Å². The van der Waals surface area contributed by atoms with Crippen molar-refractivity contribution in [3.63, 3.8) is 0 Å². The molecule has 1 amide bonds. The minimum atomic E-state index is -0.433. The maximum absolute atomic E-state index is 10.5. The number of primary amides is 1. The van der Waals surface area contributed by atoms with E-state index in [9.17, 15) is 4.79 Å². The fraction of sp³-hybridized carbons (Fsp3) is 0.533. The summed E-state index contributed by atoms with van der Waals surface area (Å²) in [6.07, 6.45) is 0. The first-order valence-corrected chi connectivity index (χ1v) is 7.08. The van der Waals surface area contributed by atoms with E-state index < -0.39 is 5.91 Å². The monoisotopic (exact) mass is 279 g/mol. The molecule has 5 heteroatoms. The summed E-state index contributed by atoms with van der Waals surface area (Å²) in [5.74, 6) is -0.433. The summed E-state index contributed by atoms with van der Waals surface area (Å²) >= 11 is 0. The number of nitrogens with two attached hydrogens (primary N) is 1. The molecule has 5 nitrogen and oxygen atoms in total. The standard InChI is InChI=1S/C15H25N3O2/c1-3-18(4-2)14-7-5-13(6-8-14)11-17-9-10-20-12-15(16)19/h5-8,17H,3-4,9-12H2,1-2H3,(H2,16,19). The number of nitrogens with zero attached hydrogens (tertiary/aromatic N) is 1. The van der Waals surface area contributed by atoms with Crippen LogP contribution in [0.3, 0.4) is 0 Å². The maximum Gasteiger partial charge on any atom is 0.243 e. The van der Waals surface area contributed by atoms with Gasteiger partial charge >= 0.3 is 0 Å². The van der Waals surface area contributed by atoms with Crippen molar-refractivity contribution in [2.24, 2.45) is 5.73 Å². The summed E-state index contributed by atoms with van der Waals surface area (Å²) in [4.78, 5) is 12.8. The molecule has 0 saturated carbocycles. The molecule has 20 heavy (non-hydrogen) atoms. The number of benzene rings is 1. The highest BCUT2D eigenvalue weighted by atomic mass is 16.5. The average molecular weight is 279 g/mol. The minimum absolute atomic E-state index is 0.0136. The number of carbonyl (C=O) groups excluding carboxylic acids is 1. The van der Waals surface area contributed by atoms with Crippen molar-refractivity contribution in [2.45, 2.75) is 20.4 Å². The van der Waals surface area contributed by atoms with Gasteiger partial charge < -0.3 is 20.7 Å². The van der Waals surface area contributed by atoms with Gasteiger partial charge in [0.2, 0.25) is 5.91 Å². The first-order chi connectivity index (χ1) is 9.67. The van der Waals surface area contributed by atoms with Gasteiger partial charge in [-0.1, -0.05) is 12.1 Å². The summed E-state index contributed by atoms with van der Waals surface area (Å²) in [6, 6.07) is 8.55. The van der Waals surface area contributed by atoms with E-state index in [1.165, 1.54) is 11.3 Å². The van der Waals surface area contributed by atoms with E-state index in [1.54, 1.807) is 0 Å². The van der Waals surface area contributed by atoms with Gasteiger partial charge in [0.25, 0.3) is 0 Å². The Morgan fingerprint density at radius 2 is 1.90 bits per heavy atom. The molecule has 1 aromatic rings. The predicted molar refractivity (Wildman–Crippen MR) is 81.7 cm³/mol. The molecule has 0 fully saturated rings. The smallest absolute Gasteiger partial charge is 0.243 e. The molecule has 0 radical (unpaired) electrons. The summed E-state index contributed by atoms with van der Waals surface area (Å²) < 4.78 is 5.07. The molecule has 1 rings (SSSR count). The first-order valence-electron chi connectivity index (χ1n) is 7.08. The van der Waals surface area contributed by atoms with Crippen LogP contribution in [0, 0.1) is 0 Å². The molecule has 3 N–H and O–H groups in total. The molecule has 0 spiro atoms. The molecule has 0 bridgehead atoms. The van der Waals surface area contributed by atoms with Gasteiger partial charge in [-0.15, -0.1) is 0 Å². The quantitative estimate of drug-likeness (QED) is 0.630. The average Bonchev–Trinajstić information content (AvgIpc) is 2.45. The van der Waals surface area contributed by atoms with Crippen molar-refractivity contribution in [1.29, 1.82) is 0 Å². The van der Waals surface area contributed by atoms with Crippen LogP contribution in [0.1, 0.15) is 19.4 Å². The van der Waals surface area contributed by atoms with Gasteiger partial charge in [-0.3, -0.25) is 4.79 Å². The van der Waals surface area contributed by atoms with Crippen LogP contribution >= 0.6 is 0 Å². The zero-order chi connectivity index (χ0) is 14.8. The molecule has 112 valence electrons. The fourth-order valence-electron chi connectivity index (χ4n) is 1.96. The summed E-state index contributed by atoms with van der Waals surface area (Å²) in [5, 5.41) is 3.26. The molecule has 0 aliphatic carbocycles. The second-order valence-corrected chi connectivity index (χ2v) is 4.53. The van der Waals surface area contributed by atoms with Gasteiger partial charge in [-0.05, 0) is 31.5 Å². The topological polar surface area (TPSA) is 67.6 Å². The number of rotatable bonds is 10. The van der Waals surface area contributed by atoms with Gasteiger partial charge in [0.05, 0.1) is 6.61 Å². The number of carbonyl (C=O) groups is 1. The Bertz CT molecular complexity index is 389. The molecule has 0 aliphatic rings. The zero-order valence-electron chi connectivity index (χ0n) is 12.4. The molecule has 0 aromatic heterocycles. The second-order valence-electron chi connectivity index (χ2n) is 4.53. The van der Waals surface area contributed by atoms with Crippen LogP contribution in [0.15, 0.2) is 24.3 Å². The van der Waals surface area contributed by atoms with Crippen molar-refractivity contribution >= 4 is 11.6 Å². The molecule has 0 aliphatic heterocycles. The van der Waals surface area contributed by atoms with Crippen molar-refractivity contribution in [3.05, 3.63) is 29.8 Å². The normalized spacial score (nSPS) is 10.5. The number of hydrogen-bond acceptors (Lipinski definition) is 4. The van der Waals surface area contributed by atoms with Crippen LogP contribution in [0.4, 0.5) is 5.69 Å². The molecular weight excluding hydrogens is 254 g/mol. The lowest BCUT2D eigenvalue weighted by Crippen LogP contribution is -2.24. The van der Waals surface area contributed by atoms with E-state index in [1.807, 2.05) is 0 Å². The highest BCUT2D eigenvalue weighted by molar-refractivity contribution is 5.74. The first kappa shape index (κ1) is 16.5. The van der Waals surface area contributed by atoms with Gasteiger partial charge in [0, 0.05) is 31.9 Å². The molecule has 1 aromatic carbocycles. The van der Waals surface area contributed by atoms with E-state index in [-0.39, 0.29) is 6.61 Å². The Morgan fingerprint density at radius 1 is 1.25 bits per heavy atom. The molecule has 0 unspecified atom stereocenters. The van der Waals surface area contributed by atoms with Crippen molar-refractivity contribution in [3.8, 4) is 0 Å². The van der Waals surface area contributed by atoms with Crippen molar-refractivity contribution < 1.29 is 9.53 Å². The summed E-state index contributed by atoms with van der Waals surface area (Å²) in [5.41, 5.74) is 7.46. The highest BCUT2D eigenvalue weighted by Gasteiger charge is 2.01.